The van der Waals surface area contributed by atoms with Crippen LogP contribution >= 0.6 is 0 Å². The lowest BCUT2D eigenvalue weighted by Crippen LogP contribution is -2.39. The molecule has 0 radical (unpaired) electrons. The van der Waals surface area contributed by atoms with Gasteiger partial charge in [-0.05, 0) is 19.1 Å². The Kier molecular flexibility index (Phi) is 3.78. The maximum absolute atomic E-state index is 12.0. The van der Waals surface area contributed by atoms with Crippen LogP contribution in [0.3, 0.4) is 0 Å². The second-order valence-corrected chi connectivity index (χ2v) is 5.29. The molecule has 5 nitrogen and oxygen atoms in total. The normalized spacial score (nSPS) is 14.1. The number of nitrogens with zero attached hydrogens (tertiary/aromatic N) is 2. The molecule has 0 saturated carbocycles. The Labute approximate surface area is 90.0 Å². The topological polar surface area (TPSA) is 76.3 Å². The zero-order chi connectivity index (χ0) is 11.5. The van der Waals surface area contributed by atoms with Crippen LogP contribution in [0.15, 0.2) is 29.4 Å². The molecule has 15 heavy (non-hydrogen) atoms. The molecule has 1 atom stereocenters. The van der Waals surface area contributed by atoms with Crippen LogP contribution in [0.1, 0.15) is 6.92 Å². The highest BCUT2D eigenvalue weighted by Gasteiger charge is 2.24. The molecular formula is C9H15N3O2S. The lowest BCUT2D eigenvalue weighted by atomic mass is 10.4. The van der Waals surface area contributed by atoms with Gasteiger partial charge in [0.1, 0.15) is 4.90 Å². The van der Waals surface area contributed by atoms with Gasteiger partial charge in [0.25, 0.3) is 0 Å². The van der Waals surface area contributed by atoms with Crippen molar-refractivity contribution in [3.63, 3.8) is 0 Å². The first-order valence-corrected chi connectivity index (χ1v) is 6.02. The molecule has 0 aliphatic rings. The minimum Gasteiger partial charge on any atom is -0.329 e. The van der Waals surface area contributed by atoms with E-state index in [-0.39, 0.29) is 17.5 Å². The largest absolute Gasteiger partial charge is 0.329 e. The van der Waals surface area contributed by atoms with Crippen LogP contribution < -0.4 is 5.73 Å². The molecule has 0 spiro atoms. The lowest BCUT2D eigenvalue weighted by Gasteiger charge is -2.22. The number of hydrogen-bond acceptors (Lipinski definition) is 4. The van der Waals surface area contributed by atoms with Gasteiger partial charge in [-0.15, -0.1) is 0 Å². The number of nitrogens with two attached hydrogens (primary N) is 1. The fourth-order valence-electron chi connectivity index (χ4n) is 1.05. The molecule has 84 valence electrons. The Morgan fingerprint density at radius 1 is 1.60 bits per heavy atom. The maximum Gasteiger partial charge on any atom is 0.244 e. The molecule has 1 aromatic heterocycles. The first-order valence-electron chi connectivity index (χ1n) is 4.58. The van der Waals surface area contributed by atoms with E-state index in [1.807, 2.05) is 0 Å². The summed E-state index contributed by atoms with van der Waals surface area (Å²) in [5, 5.41) is 0. The average Bonchev–Trinajstić information content (AvgIpc) is 2.28. The first-order chi connectivity index (χ1) is 7.00. The molecule has 0 aliphatic heterocycles. The van der Waals surface area contributed by atoms with E-state index >= 15 is 0 Å². The summed E-state index contributed by atoms with van der Waals surface area (Å²) in [6.45, 7) is 2.05. The highest BCUT2D eigenvalue weighted by Crippen LogP contribution is 2.14. The second-order valence-electron chi connectivity index (χ2n) is 3.29. The fraction of sp³-hybridized carbons (Fsp3) is 0.444. The number of rotatable bonds is 4. The van der Waals surface area contributed by atoms with Gasteiger partial charge in [-0.25, -0.2) is 8.42 Å². The summed E-state index contributed by atoms with van der Waals surface area (Å²) < 4.78 is 25.2. The monoisotopic (exact) mass is 229 g/mol. The Morgan fingerprint density at radius 2 is 2.27 bits per heavy atom. The molecular weight excluding hydrogens is 214 g/mol. The summed E-state index contributed by atoms with van der Waals surface area (Å²) >= 11 is 0. The van der Waals surface area contributed by atoms with Gasteiger partial charge in [0.05, 0.1) is 0 Å². The van der Waals surface area contributed by atoms with Gasteiger partial charge in [0, 0.05) is 32.0 Å². The smallest absolute Gasteiger partial charge is 0.244 e. The van der Waals surface area contributed by atoms with E-state index in [2.05, 4.69) is 4.98 Å². The van der Waals surface area contributed by atoms with E-state index in [0.29, 0.717) is 0 Å². The zero-order valence-electron chi connectivity index (χ0n) is 8.79. The molecule has 0 amide bonds. The van der Waals surface area contributed by atoms with E-state index in [4.69, 9.17) is 5.73 Å². The third kappa shape index (κ3) is 2.53. The number of aromatic nitrogens is 1. The molecule has 1 aromatic rings. The summed E-state index contributed by atoms with van der Waals surface area (Å²) in [7, 11) is -1.95. The molecule has 0 bridgehead atoms. The Hall–Kier alpha value is -0.980. The van der Waals surface area contributed by atoms with Crippen molar-refractivity contribution in [1.82, 2.24) is 9.29 Å². The predicted molar refractivity (Wildman–Crippen MR) is 57.7 cm³/mol. The van der Waals surface area contributed by atoms with Crippen molar-refractivity contribution in [2.75, 3.05) is 13.6 Å². The van der Waals surface area contributed by atoms with Crippen molar-refractivity contribution < 1.29 is 8.42 Å². The molecule has 1 unspecified atom stereocenters. The van der Waals surface area contributed by atoms with Crippen molar-refractivity contribution in [3.8, 4) is 0 Å². The van der Waals surface area contributed by atoms with Crippen LogP contribution in [0.4, 0.5) is 0 Å². The summed E-state index contributed by atoms with van der Waals surface area (Å²) in [6, 6.07) is 2.88. The number of pyridine rings is 1. The van der Waals surface area contributed by atoms with Gasteiger partial charge >= 0.3 is 0 Å². The van der Waals surface area contributed by atoms with Gasteiger partial charge in [0.2, 0.25) is 10.0 Å². The van der Waals surface area contributed by atoms with Crippen molar-refractivity contribution in [1.29, 1.82) is 0 Å². The van der Waals surface area contributed by atoms with Crippen LogP contribution in [-0.4, -0.2) is 37.3 Å². The van der Waals surface area contributed by atoms with Crippen molar-refractivity contribution >= 4 is 10.0 Å². The highest BCUT2D eigenvalue weighted by atomic mass is 32.2. The van der Waals surface area contributed by atoms with E-state index in [0.717, 1.165) is 0 Å². The van der Waals surface area contributed by atoms with Crippen molar-refractivity contribution in [2.24, 2.45) is 5.73 Å². The Morgan fingerprint density at radius 3 is 2.73 bits per heavy atom. The van der Waals surface area contributed by atoms with Crippen molar-refractivity contribution in [3.05, 3.63) is 24.5 Å². The average molecular weight is 229 g/mol. The van der Waals surface area contributed by atoms with E-state index in [1.165, 1.54) is 29.8 Å². The van der Waals surface area contributed by atoms with Crippen LogP contribution in [0, 0.1) is 0 Å². The molecule has 2 N–H and O–H groups in total. The summed E-state index contributed by atoms with van der Waals surface area (Å²) in [4.78, 5) is 3.97. The molecule has 6 heteroatoms. The van der Waals surface area contributed by atoms with Gasteiger partial charge in [-0.1, -0.05) is 0 Å². The molecule has 1 rings (SSSR count). The molecule has 1 heterocycles. The van der Waals surface area contributed by atoms with Crippen molar-refractivity contribution in [2.45, 2.75) is 17.9 Å². The van der Waals surface area contributed by atoms with Gasteiger partial charge in [-0.3, -0.25) is 4.98 Å². The standard InChI is InChI=1S/C9H15N3O2S/c1-8(6-10)12(2)15(13,14)9-4-3-5-11-7-9/h3-5,7-8H,6,10H2,1-2H3. The Bertz CT molecular complexity index is 405. The third-order valence-corrected chi connectivity index (χ3v) is 4.23. The van der Waals surface area contributed by atoms with E-state index in [9.17, 15) is 8.42 Å². The van der Waals surface area contributed by atoms with E-state index < -0.39 is 10.0 Å². The fourth-order valence-corrected chi connectivity index (χ4v) is 2.39. The van der Waals surface area contributed by atoms with Crippen LogP contribution in [-0.2, 0) is 10.0 Å². The number of likely N-dealkylation sites (N-methyl/N-ethyl adjacent to an activating group) is 1. The third-order valence-electron chi connectivity index (χ3n) is 2.27. The number of hydrogen-bond donors (Lipinski definition) is 1. The van der Waals surface area contributed by atoms with Crippen LogP contribution in [0.5, 0.6) is 0 Å². The second kappa shape index (κ2) is 4.69. The molecule has 0 aliphatic carbocycles. The quantitative estimate of drug-likeness (QED) is 0.791. The highest BCUT2D eigenvalue weighted by molar-refractivity contribution is 7.89. The van der Waals surface area contributed by atoms with E-state index in [1.54, 1.807) is 13.0 Å². The van der Waals surface area contributed by atoms with Crippen LogP contribution in [0.25, 0.3) is 0 Å². The van der Waals surface area contributed by atoms with Gasteiger partial charge in [0.15, 0.2) is 0 Å². The maximum atomic E-state index is 12.0. The first kappa shape index (κ1) is 12.1. The lowest BCUT2D eigenvalue weighted by molar-refractivity contribution is 0.394. The summed E-state index contributed by atoms with van der Waals surface area (Å²) in [5.41, 5.74) is 5.43. The molecule has 0 fully saturated rings. The Balaban J connectivity index is 3.04. The summed E-state index contributed by atoms with van der Waals surface area (Å²) in [5.74, 6) is 0. The summed E-state index contributed by atoms with van der Waals surface area (Å²) in [6.07, 6.45) is 2.86. The minimum absolute atomic E-state index is 0.188. The zero-order valence-corrected chi connectivity index (χ0v) is 9.61. The molecule has 0 aromatic carbocycles. The SMILES string of the molecule is CC(CN)N(C)S(=O)(=O)c1cccnc1. The number of sulfonamides is 1. The van der Waals surface area contributed by atoms with Gasteiger partial charge in [-0.2, -0.15) is 4.31 Å². The predicted octanol–water partition coefficient (Wildman–Crippen LogP) is 0.0493. The van der Waals surface area contributed by atoms with Crippen LogP contribution in [0.2, 0.25) is 0 Å². The van der Waals surface area contributed by atoms with Gasteiger partial charge < -0.3 is 5.73 Å². The molecule has 0 saturated heterocycles. The minimum atomic E-state index is -3.46.